The first-order valence-corrected chi connectivity index (χ1v) is 13.0. The number of nitrogens with zero attached hydrogens (tertiary/aromatic N) is 6. The Morgan fingerprint density at radius 3 is 2.84 bits per heavy atom. The first-order chi connectivity index (χ1) is 18.3. The van der Waals surface area contributed by atoms with E-state index in [-0.39, 0.29) is 40.7 Å². The molecule has 38 heavy (non-hydrogen) atoms. The Balaban J connectivity index is 1.46. The molecule has 2 unspecified atom stereocenters. The summed E-state index contributed by atoms with van der Waals surface area (Å²) in [5.74, 6) is -0.608. The number of aromatic nitrogens is 2. The molecule has 3 aliphatic rings. The van der Waals surface area contributed by atoms with Crippen molar-refractivity contribution in [2.45, 2.75) is 69.4 Å². The number of carbonyl (C=O) groups is 1. The van der Waals surface area contributed by atoms with Gasteiger partial charge in [0.15, 0.2) is 11.6 Å². The van der Waals surface area contributed by atoms with Crippen molar-refractivity contribution < 1.29 is 19.7 Å². The second kappa shape index (κ2) is 10.1. The quantitative estimate of drug-likeness (QED) is 0.261. The van der Waals surface area contributed by atoms with E-state index in [1.165, 1.54) is 12.3 Å². The zero-order chi connectivity index (χ0) is 27.0. The van der Waals surface area contributed by atoms with Crippen molar-refractivity contribution in [2.75, 3.05) is 13.6 Å². The van der Waals surface area contributed by atoms with Crippen LogP contribution in [-0.2, 0) is 16.6 Å². The highest BCUT2D eigenvalue weighted by molar-refractivity contribution is 6.15. The van der Waals surface area contributed by atoms with Crippen molar-refractivity contribution in [1.82, 2.24) is 14.9 Å². The van der Waals surface area contributed by atoms with Crippen LogP contribution in [0.15, 0.2) is 29.6 Å². The van der Waals surface area contributed by atoms with Gasteiger partial charge in [-0.15, -0.1) is 0 Å². The Hall–Kier alpha value is -3.91. The van der Waals surface area contributed by atoms with Gasteiger partial charge in [-0.25, -0.2) is 4.98 Å². The molecule has 1 spiro atoms. The minimum Gasteiger partial charge on any atom is -0.473 e. The normalized spacial score (nSPS) is 26.2. The molecule has 2 aliphatic carbocycles. The molecule has 1 aliphatic heterocycles. The van der Waals surface area contributed by atoms with Crippen LogP contribution in [0.2, 0.25) is 0 Å². The summed E-state index contributed by atoms with van der Waals surface area (Å²) in [7, 11) is 2.07. The number of aryl methyl sites for hydroxylation is 1. The number of fused-ring (bicyclic) bond motifs is 2. The monoisotopic (exact) mass is 518 g/mol. The van der Waals surface area contributed by atoms with Crippen molar-refractivity contribution >= 4 is 17.2 Å². The van der Waals surface area contributed by atoms with E-state index in [1.807, 2.05) is 13.0 Å². The van der Waals surface area contributed by atoms with Gasteiger partial charge in [-0.1, -0.05) is 17.6 Å². The molecule has 2 heterocycles. The Kier molecular flexibility index (Phi) is 6.84. The van der Waals surface area contributed by atoms with Crippen LogP contribution in [-0.4, -0.2) is 62.2 Å². The fourth-order valence-corrected chi connectivity index (χ4v) is 6.68. The molecule has 0 amide bonds. The van der Waals surface area contributed by atoms with Crippen molar-refractivity contribution in [3.8, 4) is 11.9 Å². The van der Waals surface area contributed by atoms with E-state index in [9.17, 15) is 25.4 Å². The zero-order valence-electron chi connectivity index (χ0n) is 21.5. The molecule has 1 saturated heterocycles. The Morgan fingerprint density at radius 1 is 1.34 bits per heavy atom. The second-order valence-corrected chi connectivity index (χ2v) is 10.5. The molecule has 1 N–H and O–H groups in total. The lowest BCUT2D eigenvalue weighted by Crippen LogP contribution is -2.45. The van der Waals surface area contributed by atoms with Gasteiger partial charge in [0.2, 0.25) is 5.88 Å². The predicted octanol–water partition coefficient (Wildman–Crippen LogP) is 3.55. The van der Waals surface area contributed by atoms with E-state index >= 15 is 0 Å². The molecular weight excluding hydrogens is 488 g/mol. The third-order valence-corrected chi connectivity index (χ3v) is 8.48. The average Bonchev–Trinajstić information content (AvgIpc) is 3.51. The lowest BCUT2D eigenvalue weighted by molar-refractivity contribution is -0.385. The lowest BCUT2D eigenvalue weighted by Gasteiger charge is -2.37. The molecule has 198 valence electrons. The number of likely N-dealkylation sites (N-methyl/N-ethyl adjacent to an activating group) is 1. The smallest absolute Gasteiger partial charge is 0.287 e. The molecule has 11 nitrogen and oxygen atoms in total. The maximum atomic E-state index is 14.1. The third-order valence-electron chi connectivity index (χ3n) is 8.48. The topological polar surface area (TPSA) is 155 Å². The number of Topliss-reactive ketones (excluding diaryl/α,β-unsaturated/α-hetero) is 1. The number of carbonyl (C=O) groups excluding carboxylic acids is 1. The Labute approximate surface area is 220 Å². The molecule has 1 saturated carbocycles. The summed E-state index contributed by atoms with van der Waals surface area (Å²) < 4.78 is 6.11. The van der Waals surface area contributed by atoms with Crippen molar-refractivity contribution in [3.05, 3.63) is 57.0 Å². The summed E-state index contributed by atoms with van der Waals surface area (Å²) in [4.78, 5) is 36.2. The van der Waals surface area contributed by atoms with Gasteiger partial charge in [0.25, 0.3) is 5.69 Å². The molecule has 0 bridgehead atoms. The van der Waals surface area contributed by atoms with Crippen LogP contribution < -0.4 is 4.74 Å². The highest BCUT2D eigenvalue weighted by atomic mass is 16.6. The molecule has 2 fully saturated rings. The molecule has 4 atom stereocenters. The first kappa shape index (κ1) is 25.7. The van der Waals surface area contributed by atoms with E-state index in [0.29, 0.717) is 43.5 Å². The third kappa shape index (κ3) is 4.19. The SMILES string of the molecule is C[C@H](Oc1ccnc(/C(=N\O)C2CCCC3(CCc4ccc([N+](=O)[O-])c(C#N)c43)C2=O)n1)[C@@H]1CCCN1C. The van der Waals surface area contributed by atoms with Crippen molar-refractivity contribution in [3.63, 3.8) is 0 Å². The summed E-state index contributed by atoms with van der Waals surface area (Å²) in [6, 6.07) is 6.88. The predicted molar refractivity (Wildman–Crippen MR) is 136 cm³/mol. The van der Waals surface area contributed by atoms with Crippen LogP contribution in [0.4, 0.5) is 5.69 Å². The van der Waals surface area contributed by atoms with Crippen LogP contribution in [0.5, 0.6) is 5.88 Å². The number of ketones is 1. The highest BCUT2D eigenvalue weighted by Gasteiger charge is 2.53. The van der Waals surface area contributed by atoms with Crippen molar-refractivity contribution in [1.29, 1.82) is 5.26 Å². The van der Waals surface area contributed by atoms with E-state index in [2.05, 4.69) is 27.1 Å². The van der Waals surface area contributed by atoms with Gasteiger partial charge in [-0.2, -0.15) is 10.2 Å². The minimum absolute atomic E-state index is 0.0440. The maximum Gasteiger partial charge on any atom is 0.287 e. The molecule has 1 aromatic heterocycles. The highest BCUT2D eigenvalue weighted by Crippen LogP contribution is 2.51. The number of hydrogen-bond donors (Lipinski definition) is 1. The fraction of sp³-hybridized carbons (Fsp3) is 0.519. The number of nitro benzene ring substituents is 1. The number of likely N-dealkylation sites (tertiary alicyclic amines) is 1. The zero-order valence-corrected chi connectivity index (χ0v) is 21.5. The number of rotatable bonds is 6. The fourth-order valence-electron chi connectivity index (χ4n) is 6.68. The van der Waals surface area contributed by atoms with E-state index in [0.717, 1.165) is 24.9 Å². The van der Waals surface area contributed by atoms with Gasteiger partial charge in [0, 0.05) is 24.4 Å². The van der Waals surface area contributed by atoms with Crippen LogP contribution in [0.3, 0.4) is 0 Å². The molecule has 1 aromatic carbocycles. The van der Waals surface area contributed by atoms with Crippen LogP contribution in [0.25, 0.3) is 0 Å². The Bertz CT molecular complexity index is 1350. The molecule has 0 radical (unpaired) electrons. The Morgan fingerprint density at radius 2 is 2.16 bits per heavy atom. The van der Waals surface area contributed by atoms with Gasteiger partial charge < -0.3 is 9.94 Å². The van der Waals surface area contributed by atoms with Crippen LogP contribution >= 0.6 is 0 Å². The number of benzene rings is 1. The van der Waals surface area contributed by atoms with E-state index < -0.39 is 16.3 Å². The largest absolute Gasteiger partial charge is 0.473 e. The maximum absolute atomic E-state index is 14.1. The number of hydrogen-bond acceptors (Lipinski definition) is 10. The average molecular weight is 519 g/mol. The molecule has 5 rings (SSSR count). The van der Waals surface area contributed by atoms with Gasteiger partial charge in [0.05, 0.1) is 16.3 Å². The van der Waals surface area contributed by atoms with Crippen LogP contribution in [0, 0.1) is 27.4 Å². The van der Waals surface area contributed by atoms with Gasteiger partial charge in [-0.05, 0) is 70.2 Å². The molecule has 11 heteroatoms. The van der Waals surface area contributed by atoms with Gasteiger partial charge >= 0.3 is 0 Å². The minimum atomic E-state index is -1.05. The number of nitro groups is 1. The van der Waals surface area contributed by atoms with Crippen molar-refractivity contribution in [2.24, 2.45) is 11.1 Å². The van der Waals surface area contributed by atoms with Crippen LogP contribution in [0.1, 0.15) is 68.0 Å². The lowest BCUT2D eigenvalue weighted by atomic mass is 9.63. The van der Waals surface area contributed by atoms with E-state index in [1.54, 1.807) is 12.1 Å². The van der Waals surface area contributed by atoms with Gasteiger partial charge in [-0.3, -0.25) is 19.8 Å². The van der Waals surface area contributed by atoms with E-state index in [4.69, 9.17) is 4.74 Å². The first-order valence-electron chi connectivity index (χ1n) is 13.0. The summed E-state index contributed by atoms with van der Waals surface area (Å²) in [5, 5.41) is 35.0. The number of oxime groups is 1. The number of nitriles is 1. The number of ether oxygens (including phenoxy) is 1. The summed E-state index contributed by atoms with van der Waals surface area (Å²) in [5.41, 5.74) is -0.133. The summed E-state index contributed by atoms with van der Waals surface area (Å²) >= 11 is 0. The van der Waals surface area contributed by atoms with Gasteiger partial charge in [0.1, 0.15) is 23.4 Å². The summed E-state index contributed by atoms with van der Waals surface area (Å²) in [6.45, 7) is 3.01. The molecule has 2 aromatic rings. The second-order valence-electron chi connectivity index (χ2n) is 10.5. The summed E-state index contributed by atoms with van der Waals surface area (Å²) in [6.07, 6.45) is 6.03. The standard InChI is InChI=1S/C27H30N6O5/c1-16(20-6-4-14-32(20)2)38-22-10-13-29-26(30-22)24(31-35)18-5-3-11-27(25(18)34)12-9-17-7-8-21(33(36)37)19(15-28)23(17)27/h7-8,10,13,16,18,20,35H,3-6,9,11-12,14H2,1-2H3/b31-24-/t16-,18?,20-,27?/m0/s1. The molecular formula is C27H30N6O5.